The lowest BCUT2D eigenvalue weighted by atomic mass is 10.0. The van der Waals surface area contributed by atoms with Crippen molar-refractivity contribution in [2.75, 3.05) is 5.75 Å². The Morgan fingerprint density at radius 1 is 1.13 bits per heavy atom. The maximum absolute atomic E-state index is 12.2. The summed E-state index contributed by atoms with van der Waals surface area (Å²) in [6, 6.07) is 16.1. The number of carbonyl (C=O) groups is 1. The minimum absolute atomic E-state index is 0.0867. The van der Waals surface area contributed by atoms with Crippen LogP contribution in [-0.2, 0) is 4.79 Å². The standard InChI is InChI=1S/C19H22ClNOS/c1-3-18(15-6-4-14(2)5-7-15)21-19(22)12-13-23-17-10-8-16(20)9-11-17/h4-11,18H,3,12-13H2,1-2H3,(H,21,22)/t18-/m1/s1. The van der Waals surface area contributed by atoms with E-state index in [1.807, 2.05) is 24.3 Å². The Kier molecular flexibility index (Phi) is 7.00. The monoisotopic (exact) mass is 347 g/mol. The van der Waals surface area contributed by atoms with E-state index in [1.54, 1.807) is 11.8 Å². The van der Waals surface area contributed by atoms with Gasteiger partial charge in [0, 0.05) is 22.1 Å². The Balaban J connectivity index is 1.80. The Hall–Kier alpha value is -1.45. The van der Waals surface area contributed by atoms with Crippen LogP contribution in [0.1, 0.15) is 36.9 Å². The number of aryl methyl sites for hydroxylation is 1. The average Bonchev–Trinajstić information content (AvgIpc) is 2.55. The number of rotatable bonds is 7. The fourth-order valence-electron chi connectivity index (χ4n) is 2.28. The Labute approximate surface area is 147 Å². The highest BCUT2D eigenvalue weighted by molar-refractivity contribution is 7.99. The summed E-state index contributed by atoms with van der Waals surface area (Å²) in [6.45, 7) is 4.16. The van der Waals surface area contributed by atoms with Gasteiger partial charge in [0.1, 0.15) is 0 Å². The second-order valence-corrected chi connectivity index (χ2v) is 7.10. The minimum Gasteiger partial charge on any atom is -0.349 e. The van der Waals surface area contributed by atoms with Gasteiger partial charge in [-0.1, -0.05) is 48.4 Å². The molecule has 122 valence electrons. The molecule has 23 heavy (non-hydrogen) atoms. The van der Waals surface area contributed by atoms with Crippen LogP contribution < -0.4 is 5.32 Å². The molecule has 0 aromatic heterocycles. The SMILES string of the molecule is CC[C@@H](NC(=O)CCSc1ccc(Cl)cc1)c1ccc(C)cc1. The molecule has 0 unspecified atom stereocenters. The number of thioether (sulfide) groups is 1. The van der Waals surface area contributed by atoms with E-state index in [0.717, 1.165) is 27.7 Å². The van der Waals surface area contributed by atoms with Crippen LogP contribution in [0.15, 0.2) is 53.4 Å². The molecule has 1 atom stereocenters. The lowest BCUT2D eigenvalue weighted by Gasteiger charge is -2.17. The van der Waals surface area contributed by atoms with Crippen molar-refractivity contribution in [1.29, 1.82) is 0 Å². The molecule has 0 heterocycles. The number of benzene rings is 2. The van der Waals surface area contributed by atoms with Crippen LogP contribution in [0.2, 0.25) is 5.02 Å². The molecule has 2 aromatic rings. The van der Waals surface area contributed by atoms with E-state index in [0.29, 0.717) is 6.42 Å². The predicted octanol–water partition coefficient (Wildman–Crippen LogP) is 5.40. The first-order chi connectivity index (χ1) is 11.1. The van der Waals surface area contributed by atoms with E-state index >= 15 is 0 Å². The summed E-state index contributed by atoms with van der Waals surface area (Å²) in [4.78, 5) is 13.3. The Morgan fingerprint density at radius 2 is 1.78 bits per heavy atom. The normalized spacial score (nSPS) is 12.0. The molecule has 2 rings (SSSR count). The molecule has 0 saturated heterocycles. The largest absolute Gasteiger partial charge is 0.349 e. The van der Waals surface area contributed by atoms with Gasteiger partial charge in [0.15, 0.2) is 0 Å². The van der Waals surface area contributed by atoms with Gasteiger partial charge in [-0.3, -0.25) is 4.79 Å². The Bertz CT molecular complexity index is 625. The molecule has 2 aromatic carbocycles. The van der Waals surface area contributed by atoms with E-state index in [1.165, 1.54) is 5.56 Å². The van der Waals surface area contributed by atoms with Crippen LogP contribution in [0.5, 0.6) is 0 Å². The summed E-state index contributed by atoms with van der Waals surface area (Å²) in [6.07, 6.45) is 1.40. The van der Waals surface area contributed by atoms with Crippen molar-refractivity contribution in [1.82, 2.24) is 5.32 Å². The summed E-state index contributed by atoms with van der Waals surface area (Å²) < 4.78 is 0. The van der Waals surface area contributed by atoms with Gasteiger partial charge in [0.2, 0.25) is 5.91 Å². The first-order valence-corrected chi connectivity index (χ1v) is 9.19. The third-order valence-corrected chi connectivity index (χ3v) is 4.90. The second-order valence-electron chi connectivity index (χ2n) is 5.49. The van der Waals surface area contributed by atoms with E-state index < -0.39 is 0 Å². The van der Waals surface area contributed by atoms with Gasteiger partial charge in [-0.15, -0.1) is 11.8 Å². The molecule has 0 radical (unpaired) electrons. The highest BCUT2D eigenvalue weighted by Gasteiger charge is 2.12. The summed E-state index contributed by atoms with van der Waals surface area (Å²) in [5, 5.41) is 3.86. The maximum Gasteiger partial charge on any atom is 0.221 e. The van der Waals surface area contributed by atoms with Gasteiger partial charge in [0.05, 0.1) is 6.04 Å². The fourth-order valence-corrected chi connectivity index (χ4v) is 3.26. The maximum atomic E-state index is 12.2. The molecule has 0 aliphatic carbocycles. The molecule has 1 N–H and O–H groups in total. The van der Waals surface area contributed by atoms with Crippen molar-refractivity contribution in [3.8, 4) is 0 Å². The van der Waals surface area contributed by atoms with Gasteiger partial charge in [-0.05, 0) is 43.2 Å². The van der Waals surface area contributed by atoms with Gasteiger partial charge >= 0.3 is 0 Å². The zero-order valence-electron chi connectivity index (χ0n) is 13.5. The first kappa shape index (κ1) is 17.9. The third-order valence-electron chi connectivity index (χ3n) is 3.63. The molecule has 1 amide bonds. The zero-order chi connectivity index (χ0) is 16.7. The smallest absolute Gasteiger partial charge is 0.221 e. The molecule has 0 bridgehead atoms. The van der Waals surface area contributed by atoms with Crippen molar-refractivity contribution in [2.24, 2.45) is 0 Å². The van der Waals surface area contributed by atoms with Crippen molar-refractivity contribution in [3.63, 3.8) is 0 Å². The zero-order valence-corrected chi connectivity index (χ0v) is 15.1. The van der Waals surface area contributed by atoms with E-state index in [-0.39, 0.29) is 11.9 Å². The van der Waals surface area contributed by atoms with Crippen molar-refractivity contribution < 1.29 is 4.79 Å². The topological polar surface area (TPSA) is 29.1 Å². The Morgan fingerprint density at radius 3 is 2.39 bits per heavy atom. The van der Waals surface area contributed by atoms with Gasteiger partial charge in [0.25, 0.3) is 0 Å². The van der Waals surface area contributed by atoms with Crippen molar-refractivity contribution in [2.45, 2.75) is 37.6 Å². The van der Waals surface area contributed by atoms with Crippen molar-refractivity contribution >= 4 is 29.3 Å². The third kappa shape index (κ3) is 5.92. The number of nitrogens with one attached hydrogen (secondary N) is 1. The van der Waals surface area contributed by atoms with E-state index in [2.05, 4.69) is 43.4 Å². The molecular weight excluding hydrogens is 326 g/mol. The number of hydrogen-bond acceptors (Lipinski definition) is 2. The molecule has 0 saturated carbocycles. The molecular formula is C19H22ClNOS. The van der Waals surface area contributed by atoms with Crippen LogP contribution in [0.3, 0.4) is 0 Å². The van der Waals surface area contributed by atoms with E-state index in [9.17, 15) is 4.79 Å². The number of hydrogen-bond donors (Lipinski definition) is 1. The first-order valence-electron chi connectivity index (χ1n) is 7.82. The highest BCUT2D eigenvalue weighted by atomic mass is 35.5. The van der Waals surface area contributed by atoms with E-state index in [4.69, 9.17) is 11.6 Å². The summed E-state index contributed by atoms with van der Waals surface area (Å²) in [5.41, 5.74) is 2.39. The predicted molar refractivity (Wildman–Crippen MR) is 99.1 cm³/mol. The molecule has 0 fully saturated rings. The minimum atomic E-state index is 0.0867. The lowest BCUT2D eigenvalue weighted by molar-refractivity contribution is -0.121. The molecule has 0 aliphatic rings. The van der Waals surface area contributed by atoms with Crippen LogP contribution in [0.4, 0.5) is 0 Å². The quantitative estimate of drug-likeness (QED) is 0.679. The van der Waals surface area contributed by atoms with Crippen LogP contribution >= 0.6 is 23.4 Å². The lowest BCUT2D eigenvalue weighted by Crippen LogP contribution is -2.28. The van der Waals surface area contributed by atoms with Gasteiger partial charge in [-0.2, -0.15) is 0 Å². The summed E-state index contributed by atoms with van der Waals surface area (Å²) in [5.74, 6) is 0.858. The fraction of sp³-hybridized carbons (Fsp3) is 0.316. The van der Waals surface area contributed by atoms with Gasteiger partial charge in [-0.25, -0.2) is 0 Å². The summed E-state index contributed by atoms with van der Waals surface area (Å²) in [7, 11) is 0. The molecule has 2 nitrogen and oxygen atoms in total. The molecule has 4 heteroatoms. The highest BCUT2D eigenvalue weighted by Crippen LogP contribution is 2.21. The number of halogens is 1. The van der Waals surface area contributed by atoms with Gasteiger partial charge < -0.3 is 5.32 Å². The van der Waals surface area contributed by atoms with Crippen molar-refractivity contribution in [3.05, 3.63) is 64.7 Å². The number of amides is 1. The summed E-state index contributed by atoms with van der Waals surface area (Å²) >= 11 is 7.53. The number of carbonyl (C=O) groups excluding carboxylic acids is 1. The second kappa shape index (κ2) is 8.99. The average molecular weight is 348 g/mol. The molecule has 0 spiro atoms. The molecule has 0 aliphatic heterocycles. The van der Waals surface area contributed by atoms with Crippen LogP contribution in [0, 0.1) is 6.92 Å². The van der Waals surface area contributed by atoms with Crippen LogP contribution in [-0.4, -0.2) is 11.7 Å². The van der Waals surface area contributed by atoms with Crippen LogP contribution in [0.25, 0.3) is 0 Å².